The molecule has 0 radical (unpaired) electrons. The van der Waals surface area contributed by atoms with Crippen LogP contribution in [0.5, 0.6) is 0 Å². The molecular weight excluding hydrogens is 382 g/mol. The summed E-state index contributed by atoms with van der Waals surface area (Å²) in [4.78, 5) is 15.3. The molecule has 6 nitrogen and oxygen atoms in total. The van der Waals surface area contributed by atoms with Crippen LogP contribution in [0.15, 0.2) is 57.8 Å². The normalized spacial score (nSPS) is 18.3. The van der Waals surface area contributed by atoms with Gasteiger partial charge in [-0.1, -0.05) is 37.3 Å². The van der Waals surface area contributed by atoms with Gasteiger partial charge in [-0.25, -0.2) is 8.42 Å². The summed E-state index contributed by atoms with van der Waals surface area (Å²) in [5.41, 5.74) is 2.64. The van der Waals surface area contributed by atoms with Crippen molar-refractivity contribution in [3.8, 4) is 0 Å². The van der Waals surface area contributed by atoms with Gasteiger partial charge >= 0.3 is 0 Å². The summed E-state index contributed by atoms with van der Waals surface area (Å²) in [7, 11) is -3.38. The van der Waals surface area contributed by atoms with Gasteiger partial charge in [0.25, 0.3) is 15.9 Å². The van der Waals surface area contributed by atoms with E-state index in [4.69, 9.17) is 0 Å². The molecule has 1 N–H and O–H groups in total. The Hall–Kier alpha value is -2.32. The van der Waals surface area contributed by atoms with Gasteiger partial charge in [-0.15, -0.1) is 4.40 Å². The third-order valence-corrected chi connectivity index (χ3v) is 6.98. The lowest BCUT2D eigenvalue weighted by atomic mass is 10.0. The van der Waals surface area contributed by atoms with Gasteiger partial charge in [0.15, 0.2) is 5.17 Å². The van der Waals surface area contributed by atoms with Gasteiger partial charge < -0.3 is 10.2 Å². The van der Waals surface area contributed by atoms with Crippen LogP contribution in [0.3, 0.4) is 0 Å². The van der Waals surface area contributed by atoms with E-state index in [0.29, 0.717) is 23.8 Å². The number of anilines is 1. The molecule has 140 valence electrons. The molecule has 0 spiro atoms. The summed E-state index contributed by atoms with van der Waals surface area (Å²) in [6.07, 6.45) is 0. The van der Waals surface area contributed by atoms with Gasteiger partial charge in [0.1, 0.15) is 0 Å². The number of nitrogens with one attached hydrogen (secondary N) is 1. The first-order valence-corrected chi connectivity index (χ1v) is 11.1. The quantitative estimate of drug-likeness (QED) is 0.852. The Balaban J connectivity index is 1.47. The van der Waals surface area contributed by atoms with E-state index in [1.165, 1.54) is 17.3 Å². The summed E-state index contributed by atoms with van der Waals surface area (Å²) < 4.78 is 27.2. The first kappa shape index (κ1) is 18.1. The molecule has 0 saturated carbocycles. The molecule has 2 heterocycles. The van der Waals surface area contributed by atoms with Crippen LogP contribution in [0.2, 0.25) is 0 Å². The molecule has 1 unspecified atom stereocenters. The average Bonchev–Trinajstić information content (AvgIpc) is 3.01. The lowest BCUT2D eigenvalue weighted by molar-refractivity contribution is 0.0951. The van der Waals surface area contributed by atoms with E-state index in [-0.39, 0.29) is 17.6 Å². The lowest BCUT2D eigenvalue weighted by Crippen LogP contribution is -2.35. The number of carbonyl (C=O) groups is 1. The van der Waals surface area contributed by atoms with E-state index in [1.807, 2.05) is 41.3 Å². The molecule has 2 aromatic carbocycles. The number of benzene rings is 2. The summed E-state index contributed by atoms with van der Waals surface area (Å²) in [6, 6.07) is 15.5. The smallest absolute Gasteiger partial charge is 0.257 e. The molecule has 0 saturated heterocycles. The van der Waals surface area contributed by atoms with Crippen molar-refractivity contribution in [3.63, 3.8) is 0 Å². The Morgan fingerprint density at radius 3 is 2.81 bits per heavy atom. The fraction of sp³-hybridized carbons (Fsp3) is 0.263. The van der Waals surface area contributed by atoms with E-state index in [2.05, 4.69) is 16.6 Å². The fourth-order valence-electron chi connectivity index (χ4n) is 3.12. The van der Waals surface area contributed by atoms with E-state index in [9.17, 15) is 13.2 Å². The Kier molecular flexibility index (Phi) is 4.69. The fourth-order valence-corrected chi connectivity index (χ4v) is 5.42. The van der Waals surface area contributed by atoms with Crippen molar-refractivity contribution in [1.82, 2.24) is 5.32 Å². The highest BCUT2D eigenvalue weighted by molar-refractivity contribution is 8.15. The maximum atomic E-state index is 12.5. The predicted molar refractivity (Wildman–Crippen MR) is 108 cm³/mol. The van der Waals surface area contributed by atoms with Crippen LogP contribution >= 0.6 is 11.8 Å². The SMILES string of the molecule is CC(CNC(=O)c1ccc2c(c1)SC1=NS(=O)(=O)CCN12)c1ccccc1. The second-order valence-corrected chi connectivity index (χ2v) is 9.38. The number of rotatable bonds is 4. The van der Waals surface area contributed by atoms with Gasteiger partial charge in [-0.3, -0.25) is 4.79 Å². The van der Waals surface area contributed by atoms with Crippen molar-refractivity contribution in [2.75, 3.05) is 23.7 Å². The second-order valence-electron chi connectivity index (χ2n) is 6.62. The van der Waals surface area contributed by atoms with Crippen LogP contribution in [-0.2, 0) is 10.0 Å². The van der Waals surface area contributed by atoms with Crippen LogP contribution in [0, 0.1) is 0 Å². The molecular formula is C19H19N3O3S2. The number of amidine groups is 1. The second kappa shape index (κ2) is 7.01. The van der Waals surface area contributed by atoms with Crippen LogP contribution in [-0.4, -0.2) is 38.3 Å². The van der Waals surface area contributed by atoms with Crippen molar-refractivity contribution in [2.24, 2.45) is 4.40 Å². The highest BCUT2D eigenvalue weighted by Crippen LogP contribution is 2.42. The molecule has 0 aromatic heterocycles. The minimum absolute atomic E-state index is 0.0100. The molecule has 0 bridgehead atoms. The molecule has 0 aliphatic carbocycles. The minimum Gasteiger partial charge on any atom is -0.351 e. The van der Waals surface area contributed by atoms with Crippen LogP contribution in [0.1, 0.15) is 28.8 Å². The molecule has 1 atom stereocenters. The number of thioether (sulfide) groups is 1. The lowest BCUT2D eigenvalue weighted by Gasteiger charge is -2.22. The Labute approximate surface area is 162 Å². The third kappa shape index (κ3) is 3.72. The van der Waals surface area contributed by atoms with Crippen molar-refractivity contribution < 1.29 is 13.2 Å². The van der Waals surface area contributed by atoms with Crippen LogP contribution in [0.25, 0.3) is 0 Å². The zero-order valence-electron chi connectivity index (χ0n) is 14.8. The van der Waals surface area contributed by atoms with Crippen molar-refractivity contribution in [1.29, 1.82) is 0 Å². The molecule has 2 aliphatic heterocycles. The number of fused-ring (bicyclic) bond motifs is 3. The third-order valence-electron chi connectivity index (χ3n) is 4.67. The van der Waals surface area contributed by atoms with E-state index in [0.717, 1.165) is 10.6 Å². The number of amides is 1. The minimum atomic E-state index is -3.38. The number of sulfonamides is 1. The Bertz CT molecular complexity index is 1020. The highest BCUT2D eigenvalue weighted by atomic mass is 32.2. The van der Waals surface area contributed by atoms with E-state index in [1.54, 1.807) is 12.1 Å². The highest BCUT2D eigenvalue weighted by Gasteiger charge is 2.33. The molecule has 2 aromatic rings. The van der Waals surface area contributed by atoms with Crippen molar-refractivity contribution in [2.45, 2.75) is 17.7 Å². The average molecular weight is 402 g/mol. The zero-order valence-corrected chi connectivity index (χ0v) is 16.4. The monoisotopic (exact) mass is 401 g/mol. The van der Waals surface area contributed by atoms with Crippen LogP contribution < -0.4 is 10.2 Å². The largest absolute Gasteiger partial charge is 0.351 e. The first-order chi connectivity index (χ1) is 12.9. The summed E-state index contributed by atoms with van der Waals surface area (Å²) in [5, 5.41) is 3.44. The van der Waals surface area contributed by atoms with Crippen molar-refractivity contribution in [3.05, 3.63) is 59.7 Å². The number of hydrogen-bond donors (Lipinski definition) is 1. The van der Waals surface area contributed by atoms with Gasteiger partial charge in [0.05, 0.1) is 11.4 Å². The molecule has 4 rings (SSSR count). The molecule has 2 aliphatic rings. The van der Waals surface area contributed by atoms with Crippen LogP contribution in [0.4, 0.5) is 5.69 Å². The van der Waals surface area contributed by atoms with E-state index >= 15 is 0 Å². The molecule has 27 heavy (non-hydrogen) atoms. The van der Waals surface area contributed by atoms with E-state index < -0.39 is 10.0 Å². The Morgan fingerprint density at radius 1 is 1.26 bits per heavy atom. The summed E-state index contributed by atoms with van der Waals surface area (Å²) in [6.45, 7) is 3.01. The molecule has 8 heteroatoms. The van der Waals surface area contributed by atoms with Crippen molar-refractivity contribution >= 4 is 38.5 Å². The number of hydrogen-bond acceptors (Lipinski definition) is 5. The number of carbonyl (C=O) groups excluding carboxylic acids is 1. The topological polar surface area (TPSA) is 78.8 Å². The molecule has 0 fully saturated rings. The van der Waals surface area contributed by atoms with Gasteiger partial charge in [-0.05, 0) is 41.4 Å². The van der Waals surface area contributed by atoms with Gasteiger partial charge in [-0.2, -0.15) is 0 Å². The maximum absolute atomic E-state index is 12.5. The zero-order chi connectivity index (χ0) is 19.0. The predicted octanol–water partition coefficient (Wildman–Crippen LogP) is 2.83. The van der Waals surface area contributed by atoms with Gasteiger partial charge in [0, 0.05) is 23.5 Å². The maximum Gasteiger partial charge on any atom is 0.257 e. The molecule has 1 amide bonds. The first-order valence-electron chi connectivity index (χ1n) is 8.68. The summed E-state index contributed by atoms with van der Waals surface area (Å²) in [5.74, 6) is 0.0870. The van der Waals surface area contributed by atoms with Gasteiger partial charge in [0.2, 0.25) is 0 Å². The Morgan fingerprint density at radius 2 is 2.04 bits per heavy atom. The number of nitrogens with zero attached hydrogens (tertiary/aromatic N) is 2. The standard InChI is InChI=1S/C19H19N3O3S2/c1-13(14-5-3-2-4-6-14)12-20-18(23)15-7-8-16-17(11-15)26-19-21-27(24,25)10-9-22(16)19/h2-8,11,13H,9-10,12H2,1H3,(H,20,23). The summed E-state index contributed by atoms with van der Waals surface area (Å²) >= 11 is 1.29.